The molecule has 0 saturated heterocycles. The van der Waals surface area contributed by atoms with Crippen LogP contribution in [0.2, 0.25) is 0 Å². The Balaban J connectivity index is 2.11. The van der Waals surface area contributed by atoms with Gasteiger partial charge in [-0.3, -0.25) is 4.79 Å². The maximum atomic E-state index is 11.0. The molecular formula is C15H13BrO3. The second-order valence-corrected chi connectivity index (χ2v) is 4.86. The minimum Gasteiger partial charge on any atom is -0.497 e. The number of methoxy groups -OCH3 is 1. The third-order valence-electron chi connectivity index (χ3n) is 2.63. The Kier molecular flexibility index (Phi) is 4.58. The first-order valence-electron chi connectivity index (χ1n) is 5.73. The van der Waals surface area contributed by atoms with Gasteiger partial charge in [0.1, 0.15) is 18.1 Å². The molecule has 0 aromatic heterocycles. The molecule has 0 aliphatic heterocycles. The van der Waals surface area contributed by atoms with E-state index in [2.05, 4.69) is 15.9 Å². The molecule has 0 aliphatic rings. The van der Waals surface area contributed by atoms with Gasteiger partial charge in [0.05, 0.1) is 12.7 Å². The molecule has 0 aliphatic carbocycles. The van der Waals surface area contributed by atoms with E-state index in [1.807, 2.05) is 30.3 Å². The molecule has 2 rings (SSSR count). The first-order chi connectivity index (χ1) is 9.22. The molecule has 0 heterocycles. The Bertz CT molecular complexity index is 581. The molecule has 0 spiro atoms. The van der Waals surface area contributed by atoms with Gasteiger partial charge in [0, 0.05) is 4.47 Å². The number of halogens is 1. The zero-order chi connectivity index (χ0) is 13.7. The third-order valence-corrected chi connectivity index (χ3v) is 3.12. The summed E-state index contributed by atoms with van der Waals surface area (Å²) in [5.41, 5.74) is 1.51. The minimum atomic E-state index is 0.389. The molecule has 0 fully saturated rings. The molecule has 0 unspecified atom stereocenters. The van der Waals surface area contributed by atoms with E-state index in [0.717, 1.165) is 22.1 Å². The average Bonchev–Trinajstić information content (AvgIpc) is 2.46. The lowest BCUT2D eigenvalue weighted by molar-refractivity contribution is 0.111. The summed E-state index contributed by atoms with van der Waals surface area (Å²) in [6, 6.07) is 13.0. The highest BCUT2D eigenvalue weighted by molar-refractivity contribution is 9.10. The molecule has 4 heteroatoms. The first kappa shape index (κ1) is 13.6. The van der Waals surface area contributed by atoms with Gasteiger partial charge in [0.25, 0.3) is 0 Å². The first-order valence-corrected chi connectivity index (χ1v) is 6.52. The van der Waals surface area contributed by atoms with Crippen LogP contribution < -0.4 is 9.47 Å². The summed E-state index contributed by atoms with van der Waals surface area (Å²) in [5, 5.41) is 0. The van der Waals surface area contributed by atoms with Crippen molar-refractivity contribution in [3.8, 4) is 11.5 Å². The number of aldehydes is 1. The van der Waals surface area contributed by atoms with Crippen molar-refractivity contribution in [1.82, 2.24) is 0 Å². The molecule has 19 heavy (non-hydrogen) atoms. The Morgan fingerprint density at radius 1 is 1.21 bits per heavy atom. The Hall–Kier alpha value is -1.81. The van der Waals surface area contributed by atoms with Gasteiger partial charge in [-0.15, -0.1) is 0 Å². The minimum absolute atomic E-state index is 0.389. The van der Waals surface area contributed by atoms with Crippen molar-refractivity contribution in [2.75, 3.05) is 7.11 Å². The van der Waals surface area contributed by atoms with E-state index in [1.165, 1.54) is 0 Å². The van der Waals surface area contributed by atoms with E-state index in [9.17, 15) is 4.79 Å². The van der Waals surface area contributed by atoms with E-state index >= 15 is 0 Å². The fraction of sp³-hybridized carbons (Fsp3) is 0.133. The Labute approximate surface area is 120 Å². The lowest BCUT2D eigenvalue weighted by atomic mass is 10.2. The van der Waals surface area contributed by atoms with Crippen LogP contribution in [0.5, 0.6) is 11.5 Å². The summed E-state index contributed by atoms with van der Waals surface area (Å²) >= 11 is 3.32. The summed E-state index contributed by atoms with van der Waals surface area (Å²) in [4.78, 5) is 11.0. The normalized spacial score (nSPS) is 10.0. The number of ether oxygens (including phenoxy) is 2. The van der Waals surface area contributed by atoms with Crippen molar-refractivity contribution >= 4 is 22.2 Å². The molecular weight excluding hydrogens is 308 g/mol. The van der Waals surface area contributed by atoms with E-state index in [0.29, 0.717) is 17.9 Å². The quantitative estimate of drug-likeness (QED) is 0.785. The largest absolute Gasteiger partial charge is 0.497 e. The van der Waals surface area contributed by atoms with Gasteiger partial charge in [-0.2, -0.15) is 0 Å². The van der Waals surface area contributed by atoms with Crippen molar-refractivity contribution in [1.29, 1.82) is 0 Å². The summed E-state index contributed by atoms with van der Waals surface area (Å²) in [7, 11) is 1.62. The van der Waals surface area contributed by atoms with Crippen LogP contribution in [-0.2, 0) is 6.61 Å². The van der Waals surface area contributed by atoms with Crippen molar-refractivity contribution < 1.29 is 14.3 Å². The molecule has 2 aromatic rings. The third kappa shape index (κ3) is 3.58. The van der Waals surface area contributed by atoms with Crippen LogP contribution in [0.1, 0.15) is 15.9 Å². The fourth-order valence-corrected chi connectivity index (χ4v) is 2.04. The topological polar surface area (TPSA) is 35.5 Å². The number of carbonyl (C=O) groups excluding carboxylic acids is 1. The summed E-state index contributed by atoms with van der Waals surface area (Å²) in [5.74, 6) is 1.36. The van der Waals surface area contributed by atoms with Crippen LogP contribution in [0.4, 0.5) is 0 Å². The van der Waals surface area contributed by atoms with Crippen molar-refractivity contribution in [3.63, 3.8) is 0 Å². The zero-order valence-electron chi connectivity index (χ0n) is 10.4. The fourth-order valence-electron chi connectivity index (χ4n) is 1.67. The van der Waals surface area contributed by atoms with Crippen LogP contribution in [0, 0.1) is 0 Å². The second-order valence-electron chi connectivity index (χ2n) is 3.94. The maximum Gasteiger partial charge on any atom is 0.153 e. The molecule has 0 N–H and O–H groups in total. The summed E-state index contributed by atoms with van der Waals surface area (Å²) in [6.45, 7) is 0.389. The van der Waals surface area contributed by atoms with Gasteiger partial charge in [-0.1, -0.05) is 28.1 Å². The monoisotopic (exact) mass is 320 g/mol. The lowest BCUT2D eigenvalue weighted by Gasteiger charge is -2.09. The highest BCUT2D eigenvalue weighted by Gasteiger charge is 2.04. The van der Waals surface area contributed by atoms with Gasteiger partial charge in [-0.05, 0) is 35.9 Å². The highest BCUT2D eigenvalue weighted by Crippen LogP contribution is 2.23. The van der Waals surface area contributed by atoms with Gasteiger partial charge in [0.2, 0.25) is 0 Å². The van der Waals surface area contributed by atoms with Crippen molar-refractivity contribution in [3.05, 3.63) is 58.1 Å². The standard InChI is InChI=1S/C15H13BrO3/c1-18-14-4-2-3-11(7-14)10-19-15-6-5-13(16)8-12(15)9-17/h2-9H,10H2,1H3. The maximum absolute atomic E-state index is 11.0. The van der Waals surface area contributed by atoms with Gasteiger partial charge < -0.3 is 9.47 Å². The molecule has 0 bridgehead atoms. The van der Waals surface area contributed by atoms with Crippen molar-refractivity contribution in [2.24, 2.45) is 0 Å². The molecule has 0 amide bonds. The van der Waals surface area contributed by atoms with Crippen LogP contribution in [0.3, 0.4) is 0 Å². The van der Waals surface area contributed by atoms with Gasteiger partial charge >= 0.3 is 0 Å². The number of hydrogen-bond donors (Lipinski definition) is 0. The average molecular weight is 321 g/mol. The molecule has 0 atom stereocenters. The molecule has 0 saturated carbocycles. The van der Waals surface area contributed by atoms with E-state index in [4.69, 9.17) is 9.47 Å². The van der Waals surface area contributed by atoms with E-state index in [1.54, 1.807) is 19.2 Å². The predicted molar refractivity (Wildman–Crippen MR) is 76.9 cm³/mol. The van der Waals surface area contributed by atoms with Gasteiger partial charge in [0.15, 0.2) is 6.29 Å². The summed E-state index contributed by atoms with van der Waals surface area (Å²) < 4.78 is 11.7. The van der Waals surface area contributed by atoms with Crippen LogP contribution in [0.25, 0.3) is 0 Å². The number of hydrogen-bond acceptors (Lipinski definition) is 3. The van der Waals surface area contributed by atoms with Crippen LogP contribution >= 0.6 is 15.9 Å². The number of rotatable bonds is 5. The van der Waals surface area contributed by atoms with Gasteiger partial charge in [-0.25, -0.2) is 0 Å². The number of carbonyl (C=O) groups is 1. The van der Waals surface area contributed by atoms with E-state index < -0.39 is 0 Å². The SMILES string of the molecule is COc1cccc(COc2ccc(Br)cc2C=O)c1. The number of benzene rings is 2. The molecule has 0 radical (unpaired) electrons. The smallest absolute Gasteiger partial charge is 0.153 e. The molecule has 2 aromatic carbocycles. The lowest BCUT2D eigenvalue weighted by Crippen LogP contribution is -1.98. The highest BCUT2D eigenvalue weighted by atomic mass is 79.9. The van der Waals surface area contributed by atoms with Crippen molar-refractivity contribution in [2.45, 2.75) is 6.61 Å². The van der Waals surface area contributed by atoms with Crippen LogP contribution in [-0.4, -0.2) is 13.4 Å². The molecule has 3 nitrogen and oxygen atoms in total. The Morgan fingerprint density at radius 2 is 2.05 bits per heavy atom. The molecule has 98 valence electrons. The second kappa shape index (κ2) is 6.38. The zero-order valence-corrected chi connectivity index (χ0v) is 12.0. The van der Waals surface area contributed by atoms with Crippen LogP contribution in [0.15, 0.2) is 46.9 Å². The predicted octanol–water partition coefficient (Wildman–Crippen LogP) is 3.85. The van der Waals surface area contributed by atoms with E-state index in [-0.39, 0.29) is 0 Å². The Morgan fingerprint density at radius 3 is 2.79 bits per heavy atom. The summed E-state index contributed by atoms with van der Waals surface area (Å²) in [6.07, 6.45) is 0.783.